The molecule has 0 saturated heterocycles. The first-order valence-electron chi connectivity index (χ1n) is 10.9. The number of allylic oxidation sites excluding steroid dienone is 1. The van der Waals surface area contributed by atoms with Crippen molar-refractivity contribution >= 4 is 0 Å². The van der Waals surface area contributed by atoms with Crippen LogP contribution >= 0.6 is 0 Å². The summed E-state index contributed by atoms with van der Waals surface area (Å²) >= 11 is 0. The zero-order valence-electron chi connectivity index (χ0n) is 21.8. The third-order valence-electron chi connectivity index (χ3n) is 2.91. The second-order valence-corrected chi connectivity index (χ2v) is 7.09. The molecule has 182 valence electrons. The summed E-state index contributed by atoms with van der Waals surface area (Å²) in [5.74, 6) is 0.815. The van der Waals surface area contributed by atoms with E-state index in [4.69, 9.17) is 15.9 Å². The van der Waals surface area contributed by atoms with Gasteiger partial charge in [0.2, 0.25) is 0 Å². The summed E-state index contributed by atoms with van der Waals surface area (Å²) < 4.78 is 0. The van der Waals surface area contributed by atoms with Crippen molar-refractivity contribution in [3.63, 3.8) is 0 Å². The third-order valence-corrected chi connectivity index (χ3v) is 2.91. The number of aliphatic hydroxyl groups excluding tert-OH is 2. The van der Waals surface area contributed by atoms with E-state index in [0.717, 1.165) is 32.5 Å². The molecule has 0 aliphatic rings. The Labute approximate surface area is 189 Å². The van der Waals surface area contributed by atoms with E-state index < -0.39 is 0 Å². The average Bonchev–Trinajstić information content (AvgIpc) is 2.74. The van der Waals surface area contributed by atoms with E-state index in [1.165, 1.54) is 24.0 Å². The first-order valence-corrected chi connectivity index (χ1v) is 10.9. The first kappa shape index (κ1) is 39.3. The van der Waals surface area contributed by atoms with Crippen LogP contribution < -0.4 is 16.4 Å². The fourth-order valence-corrected chi connectivity index (χ4v) is 1.10. The van der Waals surface area contributed by atoms with Crippen LogP contribution in [0.2, 0.25) is 0 Å². The summed E-state index contributed by atoms with van der Waals surface area (Å²) in [6, 6.07) is 10.7. The van der Waals surface area contributed by atoms with Crippen LogP contribution in [-0.4, -0.2) is 50.7 Å². The maximum absolute atomic E-state index is 8.25. The molecular formula is C25H55N3O2. The van der Waals surface area contributed by atoms with Gasteiger partial charge < -0.3 is 21.3 Å². The second kappa shape index (κ2) is 38.4. The quantitative estimate of drug-likeness (QED) is 0.337. The summed E-state index contributed by atoms with van der Waals surface area (Å²) in [6.45, 7) is 19.7. The molecule has 1 aromatic rings. The molecule has 0 aliphatic heterocycles. The van der Waals surface area contributed by atoms with E-state index in [1.54, 1.807) is 14.0 Å². The predicted molar refractivity (Wildman–Crippen MR) is 138 cm³/mol. The standard InChI is InChI=1S/C11H16.C4H8.C3H9NO.2C3H9N.CH4O/c1-10(2)8-9-11-6-4-3-5-7-11;1-4(2)3;1-3(5)4-2;1-3-4-2;1-2-3-4;1-2/h3-7,10H,8-9H2,1-2H3;1H2,2-3H3;3-5H,1-2H3;4H,3H2,1-2H3;2-4H2,1H3;2H,1H3. The van der Waals surface area contributed by atoms with Gasteiger partial charge in [0.25, 0.3) is 0 Å². The van der Waals surface area contributed by atoms with Gasteiger partial charge in [-0.3, -0.25) is 5.32 Å². The molecule has 0 aromatic heterocycles. The lowest BCUT2D eigenvalue weighted by Gasteiger charge is -2.03. The number of hydrogen-bond donors (Lipinski definition) is 5. The summed E-state index contributed by atoms with van der Waals surface area (Å²) in [5.41, 5.74) is 7.65. The Hall–Kier alpha value is -1.24. The van der Waals surface area contributed by atoms with E-state index in [1.807, 2.05) is 20.9 Å². The highest BCUT2D eigenvalue weighted by molar-refractivity contribution is 5.14. The minimum Gasteiger partial charge on any atom is -0.400 e. The van der Waals surface area contributed by atoms with Crippen molar-refractivity contribution in [2.75, 3.05) is 34.3 Å². The van der Waals surface area contributed by atoms with Gasteiger partial charge in [-0.2, -0.15) is 0 Å². The van der Waals surface area contributed by atoms with Crippen molar-refractivity contribution in [3.05, 3.63) is 48.0 Å². The second-order valence-electron chi connectivity index (χ2n) is 7.09. The van der Waals surface area contributed by atoms with E-state index in [-0.39, 0.29) is 6.23 Å². The third kappa shape index (κ3) is 71.5. The van der Waals surface area contributed by atoms with Gasteiger partial charge in [0.05, 0.1) is 0 Å². The van der Waals surface area contributed by atoms with Crippen molar-refractivity contribution in [2.24, 2.45) is 11.7 Å². The van der Waals surface area contributed by atoms with Crippen molar-refractivity contribution in [1.29, 1.82) is 0 Å². The zero-order valence-corrected chi connectivity index (χ0v) is 21.8. The van der Waals surface area contributed by atoms with Crippen LogP contribution in [0.5, 0.6) is 0 Å². The lowest BCUT2D eigenvalue weighted by atomic mass is 10.0. The number of aliphatic hydroxyl groups is 2. The minimum atomic E-state index is -0.366. The Morgan fingerprint density at radius 2 is 1.37 bits per heavy atom. The van der Waals surface area contributed by atoms with Crippen LogP contribution in [-0.2, 0) is 6.42 Å². The molecule has 1 aromatic carbocycles. The van der Waals surface area contributed by atoms with Crippen molar-refractivity contribution in [3.8, 4) is 0 Å². The van der Waals surface area contributed by atoms with Gasteiger partial charge in [-0.15, -0.1) is 6.58 Å². The van der Waals surface area contributed by atoms with Gasteiger partial charge in [-0.1, -0.05) is 63.6 Å². The van der Waals surface area contributed by atoms with Crippen LogP contribution in [0.15, 0.2) is 42.5 Å². The molecule has 0 bridgehead atoms. The molecule has 1 atom stereocenters. The number of aryl methyl sites for hydroxylation is 1. The Bertz CT molecular complexity index is 371. The maximum Gasteiger partial charge on any atom is 0.101 e. The van der Waals surface area contributed by atoms with Crippen LogP contribution in [0, 0.1) is 5.92 Å². The smallest absolute Gasteiger partial charge is 0.101 e. The fourth-order valence-electron chi connectivity index (χ4n) is 1.10. The van der Waals surface area contributed by atoms with E-state index >= 15 is 0 Å². The minimum absolute atomic E-state index is 0.366. The largest absolute Gasteiger partial charge is 0.400 e. The Balaban J connectivity index is -0.0000000934. The normalized spacial score (nSPS) is 9.40. The molecule has 5 heteroatoms. The summed E-state index contributed by atoms with van der Waals surface area (Å²) in [5, 5.41) is 20.8. The Kier molecular flexibility index (Phi) is 50.2. The molecule has 0 saturated carbocycles. The van der Waals surface area contributed by atoms with E-state index in [9.17, 15) is 0 Å². The molecule has 6 N–H and O–H groups in total. The molecular weight excluding hydrogens is 374 g/mol. The summed E-state index contributed by atoms with van der Waals surface area (Å²) in [7, 11) is 4.63. The Morgan fingerprint density at radius 1 is 1.03 bits per heavy atom. The number of benzene rings is 1. The summed E-state index contributed by atoms with van der Waals surface area (Å²) in [6.07, 6.45) is 3.25. The predicted octanol–water partition coefficient (Wildman–Crippen LogP) is 4.59. The number of hydrogen-bond acceptors (Lipinski definition) is 5. The number of nitrogens with one attached hydrogen (secondary N) is 2. The van der Waals surface area contributed by atoms with Crippen molar-refractivity contribution < 1.29 is 10.2 Å². The van der Waals surface area contributed by atoms with Crippen molar-refractivity contribution in [2.45, 2.75) is 74.0 Å². The van der Waals surface area contributed by atoms with E-state index in [2.05, 4.69) is 75.2 Å². The average molecular weight is 430 g/mol. The molecule has 1 unspecified atom stereocenters. The molecule has 0 amide bonds. The van der Waals surface area contributed by atoms with Gasteiger partial charge in [-0.05, 0) is 78.7 Å². The van der Waals surface area contributed by atoms with Crippen LogP contribution in [0.1, 0.15) is 66.9 Å². The number of rotatable bonds is 6. The van der Waals surface area contributed by atoms with Crippen molar-refractivity contribution in [1.82, 2.24) is 10.6 Å². The lowest BCUT2D eigenvalue weighted by molar-refractivity contribution is 0.167. The molecule has 0 aliphatic carbocycles. The first-order chi connectivity index (χ1) is 14.1. The lowest BCUT2D eigenvalue weighted by Crippen LogP contribution is -2.19. The molecule has 0 radical (unpaired) electrons. The van der Waals surface area contributed by atoms with Gasteiger partial charge in [0, 0.05) is 7.11 Å². The molecule has 0 heterocycles. The molecule has 0 spiro atoms. The monoisotopic (exact) mass is 429 g/mol. The van der Waals surface area contributed by atoms with Gasteiger partial charge in [-0.25, -0.2) is 0 Å². The van der Waals surface area contributed by atoms with Gasteiger partial charge in [0.1, 0.15) is 6.23 Å². The summed E-state index contributed by atoms with van der Waals surface area (Å²) in [4.78, 5) is 0. The SMILES string of the molecule is C=C(C)C.CC(C)CCc1ccccc1.CCCN.CCNC.CNC(C)O.CO. The molecule has 30 heavy (non-hydrogen) atoms. The Morgan fingerprint density at radius 3 is 1.57 bits per heavy atom. The molecule has 5 nitrogen and oxygen atoms in total. The zero-order chi connectivity index (χ0) is 24.8. The maximum atomic E-state index is 8.25. The van der Waals surface area contributed by atoms with E-state index in [0.29, 0.717) is 0 Å². The van der Waals surface area contributed by atoms with Crippen LogP contribution in [0.3, 0.4) is 0 Å². The van der Waals surface area contributed by atoms with Gasteiger partial charge in [0.15, 0.2) is 0 Å². The molecule has 0 fully saturated rings. The highest BCUT2D eigenvalue weighted by atomic mass is 16.3. The highest BCUT2D eigenvalue weighted by Gasteiger charge is 1.94. The van der Waals surface area contributed by atoms with Crippen LogP contribution in [0.25, 0.3) is 0 Å². The fraction of sp³-hybridized carbons (Fsp3) is 0.680. The topological polar surface area (TPSA) is 90.5 Å². The van der Waals surface area contributed by atoms with Crippen LogP contribution in [0.4, 0.5) is 0 Å². The molecule has 1 rings (SSSR count). The highest BCUT2D eigenvalue weighted by Crippen LogP contribution is 2.07. The number of nitrogens with two attached hydrogens (primary N) is 1. The van der Waals surface area contributed by atoms with Gasteiger partial charge >= 0.3 is 0 Å².